The molecule has 0 radical (unpaired) electrons. The number of rotatable bonds is 4. The summed E-state index contributed by atoms with van der Waals surface area (Å²) in [5, 5.41) is 6.87. The minimum atomic E-state index is -5.15. The van der Waals surface area contributed by atoms with Crippen LogP contribution < -0.4 is 3.71 Å². The van der Waals surface area contributed by atoms with Gasteiger partial charge in [-0.2, -0.15) is 0 Å². The van der Waals surface area contributed by atoms with Gasteiger partial charge in [-0.05, 0) is 0 Å². The molecular weight excluding hydrogens is 443 g/mol. The Bertz CT molecular complexity index is 792. The van der Waals surface area contributed by atoms with Crippen molar-refractivity contribution >= 4 is 22.1 Å². The Morgan fingerprint density at radius 2 is 1.76 bits per heavy atom. The molecular formula is C16H20F4N4Sn. The number of halogens is 4. The maximum atomic E-state index is 15.6. The van der Waals surface area contributed by atoms with Crippen LogP contribution in [-0.4, -0.2) is 44.3 Å². The summed E-state index contributed by atoms with van der Waals surface area (Å²) >= 11 is -2.82. The van der Waals surface area contributed by atoms with E-state index in [-0.39, 0.29) is 5.92 Å². The van der Waals surface area contributed by atoms with Crippen LogP contribution in [0.2, 0.25) is 14.8 Å². The average molecular weight is 463 g/mol. The van der Waals surface area contributed by atoms with Crippen molar-refractivity contribution in [2.75, 3.05) is 0 Å². The molecule has 0 N–H and O–H groups in total. The summed E-state index contributed by atoms with van der Waals surface area (Å²) < 4.78 is 58.8. The second-order valence-electron chi connectivity index (χ2n) is 7.61. The molecule has 4 nitrogen and oxygen atoms in total. The van der Waals surface area contributed by atoms with Crippen LogP contribution in [0.4, 0.5) is 17.6 Å². The molecule has 0 unspecified atom stereocenters. The Morgan fingerprint density at radius 1 is 1.12 bits per heavy atom. The van der Waals surface area contributed by atoms with Gasteiger partial charge in [0.1, 0.15) is 0 Å². The zero-order valence-electron chi connectivity index (χ0n) is 14.5. The zero-order chi connectivity index (χ0) is 18.6. The molecule has 136 valence electrons. The van der Waals surface area contributed by atoms with Crippen LogP contribution >= 0.6 is 0 Å². The summed E-state index contributed by atoms with van der Waals surface area (Å²) in [6.45, 7) is 0. The van der Waals surface area contributed by atoms with Crippen molar-refractivity contribution in [3.05, 3.63) is 35.5 Å². The van der Waals surface area contributed by atoms with Gasteiger partial charge in [-0.1, -0.05) is 0 Å². The van der Waals surface area contributed by atoms with E-state index < -0.39 is 41.6 Å². The van der Waals surface area contributed by atoms with Crippen LogP contribution in [0.15, 0.2) is 18.5 Å². The van der Waals surface area contributed by atoms with Gasteiger partial charge in [-0.3, -0.25) is 0 Å². The molecule has 1 aliphatic carbocycles. The molecule has 0 aliphatic heterocycles. The number of hydrogen-bond acceptors (Lipinski definition) is 3. The van der Waals surface area contributed by atoms with Gasteiger partial charge < -0.3 is 0 Å². The number of aromatic nitrogens is 4. The first-order valence-corrected chi connectivity index (χ1v) is 18.1. The Kier molecular flexibility index (Phi) is 4.40. The molecule has 0 aromatic carbocycles. The number of alkyl halides is 4. The first-order valence-electron chi connectivity index (χ1n) is 8.07. The van der Waals surface area contributed by atoms with Gasteiger partial charge in [0.15, 0.2) is 0 Å². The Morgan fingerprint density at radius 3 is 2.20 bits per heavy atom. The van der Waals surface area contributed by atoms with Crippen LogP contribution in [0.5, 0.6) is 0 Å². The van der Waals surface area contributed by atoms with E-state index in [4.69, 9.17) is 0 Å². The van der Waals surface area contributed by atoms with Crippen LogP contribution in [0.3, 0.4) is 0 Å². The van der Waals surface area contributed by atoms with E-state index in [0.29, 0.717) is 9.40 Å². The van der Waals surface area contributed by atoms with E-state index in [1.807, 2.05) is 14.8 Å². The molecule has 2 heterocycles. The standard InChI is InChI=1S/C13H11F4N4.3CH3.Sn/c1-21-7-19-20-11(21)12(14,13(15,16)17)9-4-5-18-10(6-9)8-2-3-8;;;;/h4,6-8H,2-3H2,1H3;3*1H3;/t12-;;;;/m0..../s1. The topological polar surface area (TPSA) is 43.6 Å². The normalized spacial score (nSPS) is 18.2. The first-order chi connectivity index (χ1) is 11.4. The van der Waals surface area contributed by atoms with Gasteiger partial charge in [0.2, 0.25) is 0 Å². The zero-order valence-corrected chi connectivity index (χ0v) is 17.4. The quantitative estimate of drug-likeness (QED) is 0.516. The molecule has 25 heavy (non-hydrogen) atoms. The molecule has 1 aliphatic rings. The second kappa shape index (κ2) is 5.92. The average Bonchev–Trinajstić information content (AvgIpc) is 3.26. The summed E-state index contributed by atoms with van der Waals surface area (Å²) in [6.07, 6.45) is -2.32. The van der Waals surface area contributed by atoms with Crippen LogP contribution in [0, 0.1) is 0 Å². The van der Waals surface area contributed by atoms with E-state index in [1.54, 1.807) is 0 Å². The number of hydrogen-bond donors (Lipinski definition) is 0. The first kappa shape index (κ1) is 18.6. The molecule has 0 bridgehead atoms. The van der Waals surface area contributed by atoms with Crippen LogP contribution in [0.1, 0.15) is 35.8 Å². The fraction of sp³-hybridized carbons (Fsp3) is 0.562. The van der Waals surface area contributed by atoms with Gasteiger partial charge in [0, 0.05) is 0 Å². The Balaban J connectivity index is 2.26. The summed E-state index contributed by atoms with van der Waals surface area (Å²) in [7, 11) is 1.31. The van der Waals surface area contributed by atoms with E-state index in [9.17, 15) is 13.2 Å². The summed E-state index contributed by atoms with van der Waals surface area (Å²) in [5.74, 6) is -0.632. The number of nitrogens with zero attached hydrogens (tertiary/aromatic N) is 4. The van der Waals surface area contributed by atoms with Crippen molar-refractivity contribution in [3.8, 4) is 0 Å². The minimum absolute atomic E-state index is 0.129. The fourth-order valence-electron chi connectivity index (χ4n) is 2.74. The summed E-state index contributed by atoms with van der Waals surface area (Å²) in [5.41, 5.74) is -3.58. The van der Waals surface area contributed by atoms with Crippen molar-refractivity contribution in [3.63, 3.8) is 0 Å². The molecule has 0 amide bonds. The molecule has 9 heteroatoms. The second-order valence-corrected chi connectivity index (χ2v) is 21.9. The molecule has 2 aromatic rings. The number of pyridine rings is 1. The molecule has 0 spiro atoms. The maximum absolute atomic E-state index is 15.6. The summed E-state index contributed by atoms with van der Waals surface area (Å²) in [4.78, 5) is 10.7. The molecule has 2 aromatic heterocycles. The van der Waals surface area contributed by atoms with Gasteiger partial charge >= 0.3 is 147 Å². The third kappa shape index (κ3) is 3.29. The van der Waals surface area contributed by atoms with Crippen molar-refractivity contribution in [1.82, 2.24) is 19.7 Å². The van der Waals surface area contributed by atoms with Gasteiger partial charge in [0.05, 0.1) is 0 Å². The monoisotopic (exact) mass is 464 g/mol. The SMILES string of the molecule is Cn1cnnc1[C@@](F)(c1cc(C2CC2)n[c]([Sn]([CH3])([CH3])[CH3])c1)C(F)(F)F. The van der Waals surface area contributed by atoms with E-state index in [0.717, 1.165) is 23.7 Å². The Hall–Kier alpha value is -1.19. The van der Waals surface area contributed by atoms with Crippen LogP contribution in [-0.2, 0) is 12.7 Å². The molecule has 3 rings (SSSR count). The third-order valence-corrected chi connectivity index (χ3v) is 9.53. The van der Waals surface area contributed by atoms with E-state index >= 15 is 4.39 Å². The van der Waals surface area contributed by atoms with E-state index in [1.165, 1.54) is 19.2 Å². The fourth-order valence-corrected chi connectivity index (χ4v) is 5.74. The van der Waals surface area contributed by atoms with Crippen molar-refractivity contribution in [2.24, 2.45) is 7.05 Å². The molecule has 1 saturated carbocycles. The van der Waals surface area contributed by atoms with Crippen molar-refractivity contribution in [1.29, 1.82) is 0 Å². The van der Waals surface area contributed by atoms with Gasteiger partial charge in [0.25, 0.3) is 0 Å². The third-order valence-electron chi connectivity index (χ3n) is 4.42. The predicted molar refractivity (Wildman–Crippen MR) is 88.1 cm³/mol. The molecule has 1 fully saturated rings. The van der Waals surface area contributed by atoms with Crippen molar-refractivity contribution in [2.45, 2.75) is 45.4 Å². The summed E-state index contributed by atoms with van der Waals surface area (Å²) in [6, 6.07) is 2.56. The van der Waals surface area contributed by atoms with Crippen LogP contribution in [0.25, 0.3) is 0 Å². The number of aryl methyl sites for hydroxylation is 1. The van der Waals surface area contributed by atoms with E-state index in [2.05, 4.69) is 15.2 Å². The van der Waals surface area contributed by atoms with Crippen molar-refractivity contribution < 1.29 is 17.6 Å². The Labute approximate surface area is 147 Å². The van der Waals surface area contributed by atoms with Gasteiger partial charge in [-0.25, -0.2) is 0 Å². The predicted octanol–water partition coefficient (Wildman–Crippen LogP) is 3.41. The molecule has 0 saturated heterocycles. The molecule has 1 atom stereocenters. The van der Waals surface area contributed by atoms with Gasteiger partial charge in [-0.15, -0.1) is 0 Å².